The molecule has 2 aliphatic carbocycles. The molecule has 1 nitrogen and oxygen atoms in total. The fraction of sp³-hybridized carbons (Fsp3) is 0.208. The van der Waals surface area contributed by atoms with Crippen molar-refractivity contribution >= 4 is 17.1 Å². The van der Waals surface area contributed by atoms with Crippen molar-refractivity contribution in [1.29, 1.82) is 0 Å². The summed E-state index contributed by atoms with van der Waals surface area (Å²) in [6, 6.07) is 56.7. The number of nitrogens with zero attached hydrogens (tertiary/aromatic N) is 1. The Balaban J connectivity index is 1.21. The molecule has 7 aromatic rings. The normalized spacial score (nSPS) is 14.6. The molecular formula is C53H49N. The third-order valence-corrected chi connectivity index (χ3v) is 12.3. The fourth-order valence-corrected chi connectivity index (χ4v) is 9.46. The molecule has 0 aromatic heterocycles. The standard InChI is InChI=1S/C53H49N/c1-34-31-43-48(33-46(34)51(2,3)4)53(7,8)45-19-14-20-49(50(43)45)54(40-29-30-42-41-17-12-13-18-44(41)52(5,6)47(42)32-40)39-27-25-38(26-28-39)37-23-21-36(22-24-37)35-15-10-9-11-16-35/h9-33H,1-8H3. The first-order chi connectivity index (χ1) is 25.8. The highest BCUT2D eigenvalue weighted by Crippen LogP contribution is 2.56. The number of hydrogen-bond donors (Lipinski definition) is 0. The number of rotatable bonds is 5. The van der Waals surface area contributed by atoms with Gasteiger partial charge in [0, 0.05) is 27.8 Å². The van der Waals surface area contributed by atoms with E-state index in [4.69, 9.17) is 0 Å². The van der Waals surface area contributed by atoms with Crippen molar-refractivity contribution in [3.8, 4) is 44.5 Å². The molecule has 0 saturated heterocycles. The van der Waals surface area contributed by atoms with Crippen LogP contribution in [0.5, 0.6) is 0 Å². The zero-order valence-electron chi connectivity index (χ0n) is 32.9. The molecule has 7 aromatic carbocycles. The van der Waals surface area contributed by atoms with E-state index in [0.717, 1.165) is 5.69 Å². The molecule has 0 N–H and O–H groups in total. The lowest BCUT2D eigenvalue weighted by molar-refractivity contribution is 0.580. The van der Waals surface area contributed by atoms with Crippen LogP contribution in [0.15, 0.2) is 152 Å². The fourth-order valence-electron chi connectivity index (χ4n) is 9.46. The minimum Gasteiger partial charge on any atom is -0.310 e. The lowest BCUT2D eigenvalue weighted by Crippen LogP contribution is -2.19. The molecule has 0 aliphatic heterocycles. The van der Waals surface area contributed by atoms with Gasteiger partial charge in [-0.25, -0.2) is 0 Å². The summed E-state index contributed by atoms with van der Waals surface area (Å²) in [5.74, 6) is 0. The van der Waals surface area contributed by atoms with Gasteiger partial charge in [-0.1, -0.05) is 170 Å². The van der Waals surface area contributed by atoms with Gasteiger partial charge in [0.1, 0.15) is 0 Å². The molecule has 54 heavy (non-hydrogen) atoms. The average Bonchev–Trinajstić information content (AvgIpc) is 3.54. The first-order valence-corrected chi connectivity index (χ1v) is 19.4. The Morgan fingerprint density at radius 1 is 0.426 bits per heavy atom. The van der Waals surface area contributed by atoms with Crippen LogP contribution < -0.4 is 4.90 Å². The number of anilines is 3. The lowest BCUT2D eigenvalue weighted by atomic mass is 9.77. The van der Waals surface area contributed by atoms with Crippen LogP contribution in [-0.4, -0.2) is 0 Å². The van der Waals surface area contributed by atoms with Gasteiger partial charge >= 0.3 is 0 Å². The predicted molar refractivity (Wildman–Crippen MR) is 231 cm³/mol. The van der Waals surface area contributed by atoms with Gasteiger partial charge in [0.15, 0.2) is 0 Å². The molecule has 2 aliphatic rings. The summed E-state index contributed by atoms with van der Waals surface area (Å²) in [4.78, 5) is 2.51. The summed E-state index contributed by atoms with van der Waals surface area (Å²) in [5.41, 5.74) is 22.0. The van der Waals surface area contributed by atoms with Gasteiger partial charge in [-0.05, 0) is 115 Å². The maximum atomic E-state index is 2.51. The van der Waals surface area contributed by atoms with Crippen molar-refractivity contribution in [3.63, 3.8) is 0 Å². The Kier molecular flexibility index (Phi) is 7.70. The number of hydrogen-bond acceptors (Lipinski definition) is 1. The van der Waals surface area contributed by atoms with Crippen LogP contribution in [0.1, 0.15) is 81.8 Å². The van der Waals surface area contributed by atoms with Gasteiger partial charge in [0.2, 0.25) is 0 Å². The van der Waals surface area contributed by atoms with E-state index in [1.54, 1.807) is 0 Å². The third kappa shape index (κ3) is 5.28. The van der Waals surface area contributed by atoms with Crippen LogP contribution in [0.3, 0.4) is 0 Å². The van der Waals surface area contributed by atoms with E-state index in [9.17, 15) is 0 Å². The topological polar surface area (TPSA) is 3.24 Å². The van der Waals surface area contributed by atoms with Gasteiger partial charge in [-0.2, -0.15) is 0 Å². The van der Waals surface area contributed by atoms with Crippen LogP contribution in [0, 0.1) is 6.92 Å². The molecule has 266 valence electrons. The van der Waals surface area contributed by atoms with Gasteiger partial charge in [-0.15, -0.1) is 0 Å². The summed E-state index contributed by atoms with van der Waals surface area (Å²) in [7, 11) is 0. The molecule has 0 atom stereocenters. The smallest absolute Gasteiger partial charge is 0.0543 e. The molecule has 0 fully saturated rings. The van der Waals surface area contributed by atoms with Crippen LogP contribution >= 0.6 is 0 Å². The summed E-state index contributed by atoms with van der Waals surface area (Å²) in [6.07, 6.45) is 0. The first kappa shape index (κ1) is 34.1. The van der Waals surface area contributed by atoms with Crippen molar-refractivity contribution < 1.29 is 0 Å². The van der Waals surface area contributed by atoms with E-state index < -0.39 is 0 Å². The van der Waals surface area contributed by atoms with Crippen molar-refractivity contribution in [1.82, 2.24) is 0 Å². The molecule has 0 spiro atoms. The van der Waals surface area contributed by atoms with E-state index in [2.05, 4.69) is 212 Å². The summed E-state index contributed by atoms with van der Waals surface area (Å²) >= 11 is 0. The third-order valence-electron chi connectivity index (χ3n) is 12.3. The number of benzene rings is 7. The van der Waals surface area contributed by atoms with E-state index >= 15 is 0 Å². The van der Waals surface area contributed by atoms with Gasteiger partial charge in [0.05, 0.1) is 5.69 Å². The Bertz CT molecular complexity index is 2560. The number of aryl methyl sites for hydroxylation is 1. The van der Waals surface area contributed by atoms with E-state index in [1.165, 1.54) is 89.3 Å². The SMILES string of the molecule is Cc1cc2c(cc1C(C)(C)C)C(C)(C)c1cccc(N(c3ccc(-c4ccc(-c5ccccc5)cc4)cc3)c3ccc4c(c3)C(C)(C)c3ccccc3-4)c1-2. The zero-order valence-corrected chi connectivity index (χ0v) is 32.9. The Labute approximate surface area is 322 Å². The van der Waals surface area contributed by atoms with Crippen molar-refractivity contribution in [2.45, 2.75) is 71.6 Å². The summed E-state index contributed by atoms with van der Waals surface area (Å²) in [6.45, 7) is 18.8. The largest absolute Gasteiger partial charge is 0.310 e. The molecular weight excluding hydrogens is 651 g/mol. The molecule has 9 rings (SSSR count). The second-order valence-corrected chi connectivity index (χ2v) is 17.5. The van der Waals surface area contributed by atoms with Gasteiger partial charge in [0.25, 0.3) is 0 Å². The minimum atomic E-state index is -0.128. The second-order valence-electron chi connectivity index (χ2n) is 17.5. The maximum Gasteiger partial charge on any atom is 0.0543 e. The number of fused-ring (bicyclic) bond motifs is 6. The molecule has 0 amide bonds. The Morgan fingerprint density at radius 3 is 1.61 bits per heavy atom. The Morgan fingerprint density at radius 2 is 0.944 bits per heavy atom. The first-order valence-electron chi connectivity index (χ1n) is 19.4. The van der Waals surface area contributed by atoms with E-state index in [0.29, 0.717) is 0 Å². The van der Waals surface area contributed by atoms with Crippen molar-refractivity contribution in [2.24, 2.45) is 0 Å². The van der Waals surface area contributed by atoms with Crippen molar-refractivity contribution in [2.75, 3.05) is 4.90 Å². The average molecular weight is 700 g/mol. The molecule has 0 heterocycles. The minimum absolute atomic E-state index is 0.0667. The molecule has 1 heteroatoms. The maximum absolute atomic E-state index is 2.51. The van der Waals surface area contributed by atoms with Crippen LogP contribution in [0.2, 0.25) is 0 Å². The van der Waals surface area contributed by atoms with E-state index in [-0.39, 0.29) is 16.2 Å². The van der Waals surface area contributed by atoms with Crippen LogP contribution in [0.4, 0.5) is 17.1 Å². The predicted octanol–water partition coefficient (Wildman–Crippen LogP) is 14.7. The van der Waals surface area contributed by atoms with Crippen LogP contribution in [-0.2, 0) is 16.2 Å². The lowest BCUT2D eigenvalue weighted by Gasteiger charge is -2.30. The summed E-state index contributed by atoms with van der Waals surface area (Å²) < 4.78 is 0. The highest BCUT2D eigenvalue weighted by atomic mass is 15.1. The molecule has 0 unspecified atom stereocenters. The second kappa shape index (κ2) is 12.2. The summed E-state index contributed by atoms with van der Waals surface area (Å²) in [5, 5.41) is 0. The van der Waals surface area contributed by atoms with Gasteiger partial charge in [-0.3, -0.25) is 0 Å². The monoisotopic (exact) mass is 699 g/mol. The highest BCUT2D eigenvalue weighted by molar-refractivity contribution is 5.96. The highest BCUT2D eigenvalue weighted by Gasteiger charge is 2.40. The van der Waals surface area contributed by atoms with Gasteiger partial charge < -0.3 is 4.90 Å². The van der Waals surface area contributed by atoms with Crippen molar-refractivity contribution in [3.05, 3.63) is 185 Å². The van der Waals surface area contributed by atoms with E-state index in [1.807, 2.05) is 0 Å². The quantitative estimate of drug-likeness (QED) is 0.173. The molecule has 0 bridgehead atoms. The Hall–Kier alpha value is -5.66. The molecule has 0 saturated carbocycles. The molecule has 0 radical (unpaired) electrons. The van der Waals surface area contributed by atoms with Crippen LogP contribution in [0.25, 0.3) is 44.5 Å². The zero-order chi connectivity index (χ0) is 37.6.